The Labute approximate surface area is 155 Å². The van der Waals surface area contributed by atoms with Crippen LogP contribution in [0.5, 0.6) is 0 Å². The van der Waals surface area contributed by atoms with E-state index in [4.69, 9.17) is 0 Å². The topological polar surface area (TPSA) is 52.7 Å². The standard InChI is InChI=1S/C21H28N4O/c1-6-21(2,3)19-9-17(7-15-11-22-24(4)13-15)20(26)18(10-19)8-16-12-23-25(5)14-16/h7-8,11-14,19H,6,9-10H2,1-5H3/b17-7-,18-8+. The summed E-state index contributed by atoms with van der Waals surface area (Å²) in [6, 6.07) is 0. The molecule has 26 heavy (non-hydrogen) atoms. The van der Waals surface area contributed by atoms with Gasteiger partial charge in [0, 0.05) is 48.8 Å². The van der Waals surface area contributed by atoms with Gasteiger partial charge in [-0.15, -0.1) is 0 Å². The van der Waals surface area contributed by atoms with E-state index in [1.807, 2.05) is 38.6 Å². The lowest BCUT2D eigenvalue weighted by atomic mass is 9.66. The van der Waals surface area contributed by atoms with Crippen molar-refractivity contribution < 1.29 is 4.79 Å². The van der Waals surface area contributed by atoms with Gasteiger partial charge in [-0.1, -0.05) is 27.2 Å². The molecule has 0 aliphatic heterocycles. The van der Waals surface area contributed by atoms with Crippen molar-refractivity contribution in [3.63, 3.8) is 0 Å². The molecular formula is C21H28N4O. The molecule has 0 bridgehead atoms. The van der Waals surface area contributed by atoms with Gasteiger partial charge in [0.1, 0.15) is 0 Å². The van der Waals surface area contributed by atoms with Gasteiger partial charge in [0.25, 0.3) is 0 Å². The van der Waals surface area contributed by atoms with Crippen LogP contribution in [0, 0.1) is 11.3 Å². The van der Waals surface area contributed by atoms with E-state index >= 15 is 0 Å². The van der Waals surface area contributed by atoms with Gasteiger partial charge in [0.05, 0.1) is 12.4 Å². The predicted molar refractivity (Wildman–Crippen MR) is 104 cm³/mol. The summed E-state index contributed by atoms with van der Waals surface area (Å²) in [4.78, 5) is 13.1. The normalized spacial score (nSPS) is 21.7. The minimum absolute atomic E-state index is 0.154. The van der Waals surface area contributed by atoms with E-state index < -0.39 is 0 Å². The van der Waals surface area contributed by atoms with E-state index in [0.717, 1.165) is 41.5 Å². The number of allylic oxidation sites excluding steroid dienone is 2. The highest BCUT2D eigenvalue weighted by Gasteiger charge is 2.36. The maximum atomic E-state index is 13.1. The first-order valence-electron chi connectivity index (χ1n) is 9.21. The summed E-state index contributed by atoms with van der Waals surface area (Å²) in [5, 5.41) is 8.43. The van der Waals surface area contributed by atoms with Crippen LogP contribution < -0.4 is 0 Å². The van der Waals surface area contributed by atoms with E-state index in [2.05, 4.69) is 31.0 Å². The minimum Gasteiger partial charge on any atom is -0.289 e. The lowest BCUT2D eigenvalue weighted by molar-refractivity contribution is -0.113. The van der Waals surface area contributed by atoms with Crippen molar-refractivity contribution in [2.45, 2.75) is 40.0 Å². The maximum absolute atomic E-state index is 13.1. The fraction of sp³-hybridized carbons (Fsp3) is 0.476. The van der Waals surface area contributed by atoms with Gasteiger partial charge in [-0.25, -0.2) is 0 Å². The number of Topliss-reactive ketones (excluding diaryl/α,β-unsaturated/α-hetero) is 1. The molecule has 5 heteroatoms. The van der Waals surface area contributed by atoms with Gasteiger partial charge in [-0.3, -0.25) is 14.2 Å². The summed E-state index contributed by atoms with van der Waals surface area (Å²) in [6.07, 6.45) is 14.2. The van der Waals surface area contributed by atoms with Crippen LogP contribution in [-0.4, -0.2) is 25.3 Å². The van der Waals surface area contributed by atoms with E-state index in [1.54, 1.807) is 21.8 Å². The SMILES string of the molecule is CCC(C)(C)C1C/C(=C/c2cnn(C)c2)C(=O)/C(=C/c2cnn(C)c2)C1. The molecule has 1 unspecified atom stereocenters. The number of hydrogen-bond donors (Lipinski definition) is 0. The highest BCUT2D eigenvalue weighted by molar-refractivity contribution is 6.14. The molecule has 0 amide bonds. The third kappa shape index (κ3) is 3.87. The molecule has 2 aromatic heterocycles. The van der Waals surface area contributed by atoms with E-state index in [9.17, 15) is 4.79 Å². The van der Waals surface area contributed by atoms with Gasteiger partial charge < -0.3 is 0 Å². The zero-order valence-electron chi connectivity index (χ0n) is 16.4. The van der Waals surface area contributed by atoms with Gasteiger partial charge >= 0.3 is 0 Å². The molecule has 5 nitrogen and oxygen atoms in total. The fourth-order valence-electron chi connectivity index (χ4n) is 3.52. The average molecular weight is 352 g/mol. The van der Waals surface area contributed by atoms with E-state index in [0.29, 0.717) is 5.92 Å². The number of aromatic nitrogens is 4. The summed E-state index contributed by atoms with van der Waals surface area (Å²) in [5.41, 5.74) is 3.90. The Morgan fingerprint density at radius 1 is 1.04 bits per heavy atom. The molecule has 0 N–H and O–H groups in total. The molecule has 0 aromatic carbocycles. The number of carbonyl (C=O) groups is 1. The van der Waals surface area contributed by atoms with E-state index in [1.165, 1.54) is 0 Å². The van der Waals surface area contributed by atoms with Gasteiger partial charge in [0.2, 0.25) is 0 Å². The average Bonchev–Trinajstić information content (AvgIpc) is 3.19. The third-order valence-corrected chi connectivity index (χ3v) is 5.66. The van der Waals surface area contributed by atoms with Crippen molar-refractivity contribution in [3.05, 3.63) is 47.1 Å². The zero-order chi connectivity index (χ0) is 18.9. The van der Waals surface area contributed by atoms with Crippen LogP contribution in [0.2, 0.25) is 0 Å². The summed E-state index contributed by atoms with van der Waals surface area (Å²) >= 11 is 0. The van der Waals surface area contributed by atoms with Crippen molar-refractivity contribution in [3.8, 4) is 0 Å². The Kier molecular flexibility index (Phi) is 4.99. The maximum Gasteiger partial charge on any atom is 0.185 e. The zero-order valence-corrected chi connectivity index (χ0v) is 16.4. The molecule has 1 saturated carbocycles. The summed E-state index contributed by atoms with van der Waals surface area (Å²) < 4.78 is 3.53. The number of hydrogen-bond acceptors (Lipinski definition) is 3. The van der Waals surface area contributed by atoms with Crippen molar-refractivity contribution >= 4 is 17.9 Å². The van der Waals surface area contributed by atoms with Gasteiger partial charge in [0.15, 0.2) is 5.78 Å². The number of rotatable bonds is 4. The van der Waals surface area contributed by atoms with Crippen LogP contribution in [-0.2, 0) is 18.9 Å². The second kappa shape index (κ2) is 7.06. The molecule has 1 aliphatic carbocycles. The smallest absolute Gasteiger partial charge is 0.185 e. The first-order valence-corrected chi connectivity index (χ1v) is 9.21. The first-order chi connectivity index (χ1) is 12.3. The molecule has 2 aromatic rings. The lowest BCUT2D eigenvalue weighted by Crippen LogP contribution is -2.30. The Bertz CT molecular complexity index is 804. The van der Waals surface area contributed by atoms with Crippen LogP contribution in [0.1, 0.15) is 51.2 Å². The third-order valence-electron chi connectivity index (χ3n) is 5.66. The predicted octanol–water partition coefficient (Wildman–Crippen LogP) is 4.04. The second-order valence-corrected chi connectivity index (χ2v) is 8.01. The van der Waals surface area contributed by atoms with Gasteiger partial charge in [-0.2, -0.15) is 10.2 Å². The molecule has 0 saturated heterocycles. The molecule has 2 heterocycles. The van der Waals surface area contributed by atoms with Crippen LogP contribution >= 0.6 is 0 Å². The van der Waals surface area contributed by atoms with Crippen LogP contribution in [0.4, 0.5) is 0 Å². The molecule has 0 spiro atoms. The summed E-state index contributed by atoms with van der Waals surface area (Å²) in [7, 11) is 3.78. The molecule has 138 valence electrons. The Hall–Kier alpha value is -2.43. The number of carbonyl (C=O) groups excluding carboxylic acids is 1. The number of ketones is 1. The highest BCUT2D eigenvalue weighted by Crippen LogP contribution is 2.43. The van der Waals surface area contributed by atoms with E-state index in [-0.39, 0.29) is 11.2 Å². The molecule has 1 fully saturated rings. The molecule has 3 rings (SSSR count). The highest BCUT2D eigenvalue weighted by atomic mass is 16.1. The Balaban J connectivity index is 1.99. The molecule has 1 aliphatic rings. The van der Waals surface area contributed by atoms with Crippen molar-refractivity contribution in [1.82, 2.24) is 19.6 Å². The summed E-state index contributed by atoms with van der Waals surface area (Å²) in [6.45, 7) is 6.83. The van der Waals surface area contributed by atoms with Crippen LogP contribution in [0.15, 0.2) is 35.9 Å². The fourth-order valence-corrected chi connectivity index (χ4v) is 3.52. The van der Waals surface area contributed by atoms with Crippen molar-refractivity contribution in [1.29, 1.82) is 0 Å². The van der Waals surface area contributed by atoms with Gasteiger partial charge in [-0.05, 0) is 36.3 Å². The largest absolute Gasteiger partial charge is 0.289 e. The van der Waals surface area contributed by atoms with Crippen molar-refractivity contribution in [2.24, 2.45) is 25.4 Å². The Morgan fingerprint density at radius 2 is 1.50 bits per heavy atom. The quantitative estimate of drug-likeness (QED) is 0.781. The summed E-state index contributed by atoms with van der Waals surface area (Å²) in [5.74, 6) is 0.594. The van der Waals surface area contributed by atoms with Crippen molar-refractivity contribution in [2.75, 3.05) is 0 Å². The van der Waals surface area contributed by atoms with Crippen LogP contribution in [0.3, 0.4) is 0 Å². The lowest BCUT2D eigenvalue weighted by Gasteiger charge is -2.37. The monoisotopic (exact) mass is 352 g/mol. The number of aryl methyl sites for hydroxylation is 2. The first kappa shape index (κ1) is 18.4. The molecule has 0 radical (unpaired) electrons. The van der Waals surface area contributed by atoms with Crippen LogP contribution in [0.25, 0.3) is 12.2 Å². The molecular weight excluding hydrogens is 324 g/mol. The number of nitrogens with zero attached hydrogens (tertiary/aromatic N) is 4. The molecule has 1 atom stereocenters. The Morgan fingerprint density at radius 3 is 1.85 bits per heavy atom. The second-order valence-electron chi connectivity index (χ2n) is 8.01. The minimum atomic E-state index is 0.154.